The average Bonchev–Trinajstić information content (AvgIpc) is 3.16. The molecule has 0 aliphatic carbocycles. The number of carbonyl (C=O) groups is 1. The number of aryl methyl sites for hydroxylation is 1. The molecule has 3 aromatic rings. The first kappa shape index (κ1) is 17.0. The van der Waals surface area contributed by atoms with Crippen molar-refractivity contribution in [1.82, 2.24) is 25.0 Å². The first-order valence-electron chi connectivity index (χ1n) is 6.45. The van der Waals surface area contributed by atoms with E-state index in [9.17, 15) is 4.79 Å². The average molecular weight is 352 g/mol. The van der Waals surface area contributed by atoms with E-state index in [1.165, 1.54) is 16.1 Å². The Morgan fingerprint density at radius 3 is 2.65 bits per heavy atom. The van der Waals surface area contributed by atoms with Crippen LogP contribution in [0.25, 0.3) is 22.8 Å². The summed E-state index contributed by atoms with van der Waals surface area (Å²) in [4.78, 5) is 21.6. The van der Waals surface area contributed by atoms with Crippen molar-refractivity contribution in [3.63, 3.8) is 0 Å². The van der Waals surface area contributed by atoms with Gasteiger partial charge in [-0.3, -0.25) is 4.79 Å². The molecule has 0 aliphatic rings. The molecule has 0 aromatic carbocycles. The molecule has 3 aromatic heterocycles. The highest BCUT2D eigenvalue weighted by molar-refractivity contribution is 7.14. The van der Waals surface area contributed by atoms with E-state index >= 15 is 0 Å². The Morgan fingerprint density at radius 2 is 2.00 bits per heavy atom. The van der Waals surface area contributed by atoms with E-state index < -0.39 is 0 Å². The second-order valence-corrected chi connectivity index (χ2v) is 5.28. The van der Waals surface area contributed by atoms with E-state index in [0.717, 1.165) is 0 Å². The first-order valence-corrected chi connectivity index (χ1v) is 7.33. The van der Waals surface area contributed by atoms with E-state index in [0.29, 0.717) is 27.9 Å². The van der Waals surface area contributed by atoms with Crippen LogP contribution in [0.4, 0.5) is 5.13 Å². The molecule has 0 spiro atoms. The van der Waals surface area contributed by atoms with Crippen molar-refractivity contribution in [1.29, 1.82) is 0 Å². The first-order chi connectivity index (χ1) is 10.7. The van der Waals surface area contributed by atoms with Gasteiger partial charge in [-0.05, 0) is 12.1 Å². The lowest BCUT2D eigenvalue weighted by Crippen LogP contribution is -2.21. The maximum Gasteiger partial charge on any atom is 0.239 e. The molecule has 0 radical (unpaired) electrons. The standard InChI is InChI=1S/C13H13N7OS.ClH/c1-20-15-6-10(19-20)8-3-2-4-9(16-8)11-7-22-13(17-11)18-12(21)5-14;/h2-4,6-7H,5,14H2,1H3,(H,17,18,21);1H. The van der Waals surface area contributed by atoms with Crippen LogP contribution in [0.3, 0.4) is 0 Å². The fourth-order valence-electron chi connectivity index (χ4n) is 1.80. The highest BCUT2D eigenvalue weighted by atomic mass is 35.5. The van der Waals surface area contributed by atoms with Crippen molar-refractivity contribution in [2.75, 3.05) is 11.9 Å². The molecule has 8 nitrogen and oxygen atoms in total. The minimum absolute atomic E-state index is 0. The van der Waals surface area contributed by atoms with Gasteiger partial charge in [-0.1, -0.05) is 6.07 Å². The van der Waals surface area contributed by atoms with Crippen molar-refractivity contribution < 1.29 is 4.79 Å². The third kappa shape index (κ3) is 3.89. The lowest BCUT2D eigenvalue weighted by Gasteiger charge is -2.00. The second-order valence-electron chi connectivity index (χ2n) is 4.42. The van der Waals surface area contributed by atoms with Crippen molar-refractivity contribution in [2.45, 2.75) is 0 Å². The number of nitrogens with two attached hydrogens (primary N) is 1. The number of anilines is 1. The third-order valence-electron chi connectivity index (χ3n) is 2.81. The number of hydrogen-bond donors (Lipinski definition) is 2. The molecule has 0 bridgehead atoms. The zero-order valence-electron chi connectivity index (χ0n) is 12.1. The van der Waals surface area contributed by atoms with Gasteiger partial charge >= 0.3 is 0 Å². The molecule has 3 N–H and O–H groups in total. The fraction of sp³-hybridized carbons (Fsp3) is 0.154. The quantitative estimate of drug-likeness (QED) is 0.733. The van der Waals surface area contributed by atoms with Crippen LogP contribution in [0.1, 0.15) is 0 Å². The number of halogens is 1. The van der Waals surface area contributed by atoms with Crippen LogP contribution < -0.4 is 11.1 Å². The molecule has 0 aliphatic heterocycles. The van der Waals surface area contributed by atoms with Crippen LogP contribution >= 0.6 is 23.7 Å². The van der Waals surface area contributed by atoms with Gasteiger partial charge in [0.2, 0.25) is 5.91 Å². The number of nitrogens with zero attached hydrogens (tertiary/aromatic N) is 5. The zero-order chi connectivity index (χ0) is 15.5. The number of pyridine rings is 1. The van der Waals surface area contributed by atoms with E-state index in [4.69, 9.17) is 5.73 Å². The molecular weight excluding hydrogens is 338 g/mol. The number of carbonyl (C=O) groups excluding carboxylic acids is 1. The molecule has 0 unspecified atom stereocenters. The van der Waals surface area contributed by atoms with E-state index in [-0.39, 0.29) is 24.9 Å². The molecule has 0 atom stereocenters. The van der Waals surface area contributed by atoms with Gasteiger partial charge in [0, 0.05) is 12.4 Å². The van der Waals surface area contributed by atoms with Gasteiger partial charge in [0.05, 0.1) is 24.1 Å². The number of aromatic nitrogens is 5. The number of nitrogens with one attached hydrogen (secondary N) is 1. The summed E-state index contributed by atoms with van der Waals surface area (Å²) >= 11 is 1.32. The number of rotatable bonds is 4. The molecular formula is C13H14ClN7OS. The smallest absolute Gasteiger partial charge is 0.239 e. The van der Waals surface area contributed by atoms with Crippen molar-refractivity contribution >= 4 is 34.8 Å². The third-order valence-corrected chi connectivity index (χ3v) is 3.57. The molecule has 3 rings (SSSR count). The van der Waals surface area contributed by atoms with Crippen molar-refractivity contribution in [2.24, 2.45) is 12.8 Å². The van der Waals surface area contributed by atoms with Crippen LogP contribution in [0.5, 0.6) is 0 Å². The molecule has 3 heterocycles. The molecule has 1 amide bonds. The van der Waals surface area contributed by atoms with Gasteiger partial charge in [-0.2, -0.15) is 15.0 Å². The Labute approximate surface area is 142 Å². The predicted octanol–water partition coefficient (Wildman–Crippen LogP) is 1.32. The minimum Gasteiger partial charge on any atom is -0.322 e. The lowest BCUT2D eigenvalue weighted by molar-refractivity contribution is -0.114. The molecule has 10 heteroatoms. The molecule has 120 valence electrons. The van der Waals surface area contributed by atoms with Crippen LogP contribution in [-0.4, -0.2) is 37.4 Å². The van der Waals surface area contributed by atoms with Gasteiger partial charge in [0.1, 0.15) is 11.4 Å². The van der Waals surface area contributed by atoms with Gasteiger partial charge in [-0.25, -0.2) is 9.97 Å². The lowest BCUT2D eigenvalue weighted by atomic mass is 10.2. The predicted molar refractivity (Wildman–Crippen MR) is 90.3 cm³/mol. The largest absolute Gasteiger partial charge is 0.322 e. The second kappa shape index (κ2) is 7.27. The number of hydrogen-bond acceptors (Lipinski definition) is 7. The summed E-state index contributed by atoms with van der Waals surface area (Å²) in [6, 6.07) is 5.59. The normalized spacial score (nSPS) is 10.2. The summed E-state index contributed by atoms with van der Waals surface area (Å²) in [5.74, 6) is -0.276. The Bertz CT molecular complexity index is 816. The summed E-state index contributed by atoms with van der Waals surface area (Å²) < 4.78 is 0. The molecule has 0 fully saturated rings. The zero-order valence-corrected chi connectivity index (χ0v) is 13.8. The Morgan fingerprint density at radius 1 is 1.26 bits per heavy atom. The molecule has 0 saturated heterocycles. The number of thiazole rings is 1. The van der Waals surface area contributed by atoms with Crippen LogP contribution in [0.15, 0.2) is 29.8 Å². The summed E-state index contributed by atoms with van der Waals surface area (Å²) in [5, 5.41) is 13.2. The minimum atomic E-state index is -0.276. The molecule has 23 heavy (non-hydrogen) atoms. The maximum atomic E-state index is 11.3. The van der Waals surface area contributed by atoms with Crippen LogP contribution in [0.2, 0.25) is 0 Å². The van der Waals surface area contributed by atoms with Crippen LogP contribution in [-0.2, 0) is 11.8 Å². The van der Waals surface area contributed by atoms with Gasteiger partial charge < -0.3 is 11.1 Å². The maximum absolute atomic E-state index is 11.3. The summed E-state index contributed by atoms with van der Waals surface area (Å²) in [6.07, 6.45) is 1.65. The van der Waals surface area contributed by atoms with Gasteiger partial charge in [0.15, 0.2) is 5.13 Å². The summed E-state index contributed by atoms with van der Waals surface area (Å²) in [6.45, 7) is -0.0741. The van der Waals surface area contributed by atoms with Crippen molar-refractivity contribution in [3.8, 4) is 22.8 Å². The van der Waals surface area contributed by atoms with E-state index in [1.807, 2.05) is 23.6 Å². The SMILES string of the molecule is Cl.Cn1ncc(-c2cccc(-c3csc(NC(=O)CN)n3)n2)n1. The highest BCUT2D eigenvalue weighted by Crippen LogP contribution is 2.25. The topological polar surface area (TPSA) is 112 Å². The van der Waals surface area contributed by atoms with E-state index in [1.54, 1.807) is 13.2 Å². The van der Waals surface area contributed by atoms with Crippen LogP contribution in [0, 0.1) is 0 Å². The van der Waals surface area contributed by atoms with Crippen molar-refractivity contribution in [3.05, 3.63) is 29.8 Å². The number of amides is 1. The Kier molecular flexibility index (Phi) is 5.37. The summed E-state index contributed by atoms with van der Waals surface area (Å²) in [5.41, 5.74) is 8.05. The van der Waals surface area contributed by atoms with E-state index in [2.05, 4.69) is 25.5 Å². The Hall–Kier alpha value is -2.36. The monoisotopic (exact) mass is 351 g/mol. The fourth-order valence-corrected chi connectivity index (χ4v) is 2.52. The van der Waals surface area contributed by atoms with Gasteiger partial charge in [-0.15, -0.1) is 23.7 Å². The van der Waals surface area contributed by atoms with Gasteiger partial charge in [0.25, 0.3) is 0 Å². The highest BCUT2D eigenvalue weighted by Gasteiger charge is 2.10. The molecule has 0 saturated carbocycles. The summed E-state index contributed by atoms with van der Waals surface area (Å²) in [7, 11) is 1.75. The Balaban J connectivity index is 0.00000192.